The molecule has 0 radical (unpaired) electrons. The van der Waals surface area contributed by atoms with Crippen LogP contribution in [0.25, 0.3) is 11.0 Å². The molecule has 20 heavy (non-hydrogen) atoms. The smallest absolute Gasteiger partial charge is 0.237 e. The van der Waals surface area contributed by atoms with Crippen molar-refractivity contribution in [2.45, 2.75) is 32.9 Å². The molecule has 2 rings (SSSR count). The van der Waals surface area contributed by atoms with Crippen LogP contribution in [0.1, 0.15) is 20.3 Å². The average molecular weight is 274 g/mol. The second-order valence-corrected chi connectivity index (χ2v) is 5.34. The summed E-state index contributed by atoms with van der Waals surface area (Å²) in [5.74, 6) is 0.0862. The molecule has 1 aromatic heterocycles. The summed E-state index contributed by atoms with van der Waals surface area (Å²) in [5.41, 5.74) is 7.91. The number of benzene rings is 1. The van der Waals surface area contributed by atoms with Crippen LogP contribution < -0.4 is 11.1 Å². The highest BCUT2D eigenvalue weighted by atomic mass is 16.2. The fourth-order valence-corrected chi connectivity index (χ4v) is 2.07. The lowest BCUT2D eigenvalue weighted by Gasteiger charge is -2.15. The standard InChI is InChI=1S/C15H22N4O/c1-11(2)14(16)15(20)17-8-5-9-19-10-18-12-6-3-4-7-13(12)19/h3-4,6-7,10-11,14H,5,8-9,16H2,1-2H3,(H,17,20)/t14-/m0/s1. The molecule has 0 aliphatic carbocycles. The number of carbonyl (C=O) groups excluding carboxylic acids is 1. The molecule has 1 aromatic carbocycles. The number of amides is 1. The summed E-state index contributed by atoms with van der Waals surface area (Å²) in [7, 11) is 0. The minimum absolute atomic E-state index is 0.0736. The van der Waals surface area contributed by atoms with Crippen molar-refractivity contribution in [3.63, 3.8) is 0 Å². The Kier molecular flexibility index (Phi) is 4.74. The van der Waals surface area contributed by atoms with E-state index >= 15 is 0 Å². The minimum Gasteiger partial charge on any atom is -0.355 e. The zero-order valence-corrected chi connectivity index (χ0v) is 12.0. The fourth-order valence-electron chi connectivity index (χ4n) is 2.07. The number of hydrogen-bond acceptors (Lipinski definition) is 3. The third-order valence-corrected chi connectivity index (χ3v) is 3.42. The molecule has 108 valence electrons. The molecule has 0 saturated carbocycles. The van der Waals surface area contributed by atoms with Crippen molar-refractivity contribution in [2.24, 2.45) is 11.7 Å². The van der Waals surface area contributed by atoms with Crippen molar-refractivity contribution in [3.8, 4) is 0 Å². The van der Waals surface area contributed by atoms with Gasteiger partial charge in [-0.1, -0.05) is 26.0 Å². The highest BCUT2D eigenvalue weighted by molar-refractivity contribution is 5.81. The van der Waals surface area contributed by atoms with Crippen molar-refractivity contribution in [1.29, 1.82) is 0 Å². The van der Waals surface area contributed by atoms with Gasteiger partial charge in [-0.15, -0.1) is 0 Å². The molecule has 0 saturated heterocycles. The van der Waals surface area contributed by atoms with Crippen LogP contribution in [0.2, 0.25) is 0 Å². The van der Waals surface area contributed by atoms with Gasteiger partial charge >= 0.3 is 0 Å². The Labute approximate surface area is 119 Å². The Hall–Kier alpha value is -1.88. The van der Waals surface area contributed by atoms with E-state index in [2.05, 4.69) is 20.9 Å². The van der Waals surface area contributed by atoms with Gasteiger partial charge in [0.05, 0.1) is 23.4 Å². The molecule has 5 heteroatoms. The number of rotatable bonds is 6. The third-order valence-electron chi connectivity index (χ3n) is 3.42. The van der Waals surface area contributed by atoms with E-state index in [4.69, 9.17) is 5.73 Å². The first-order valence-corrected chi connectivity index (χ1v) is 7.02. The van der Waals surface area contributed by atoms with Gasteiger partial charge in [-0.05, 0) is 24.5 Å². The molecule has 0 bridgehead atoms. The lowest BCUT2D eigenvalue weighted by molar-refractivity contribution is -0.123. The number of carbonyl (C=O) groups is 1. The maximum atomic E-state index is 11.7. The first kappa shape index (κ1) is 14.5. The number of imidazole rings is 1. The van der Waals surface area contributed by atoms with E-state index in [9.17, 15) is 4.79 Å². The van der Waals surface area contributed by atoms with Crippen LogP contribution in [-0.2, 0) is 11.3 Å². The van der Waals surface area contributed by atoms with E-state index in [0.29, 0.717) is 6.54 Å². The number of nitrogens with zero attached hydrogens (tertiary/aromatic N) is 2. The van der Waals surface area contributed by atoms with Gasteiger partial charge in [0.2, 0.25) is 5.91 Å². The Morgan fingerprint density at radius 2 is 2.15 bits per heavy atom. The summed E-state index contributed by atoms with van der Waals surface area (Å²) in [6.07, 6.45) is 2.70. The first-order valence-electron chi connectivity index (χ1n) is 7.02. The number of aromatic nitrogens is 2. The van der Waals surface area contributed by atoms with Crippen molar-refractivity contribution in [3.05, 3.63) is 30.6 Å². The first-order chi connectivity index (χ1) is 9.59. The van der Waals surface area contributed by atoms with Crippen molar-refractivity contribution in [2.75, 3.05) is 6.54 Å². The molecule has 2 aromatic rings. The summed E-state index contributed by atoms with van der Waals surface area (Å²) in [6.45, 7) is 5.35. The van der Waals surface area contributed by atoms with Crippen LogP contribution in [0, 0.1) is 5.92 Å². The second kappa shape index (κ2) is 6.52. The average Bonchev–Trinajstić information content (AvgIpc) is 2.85. The Balaban J connectivity index is 1.80. The van der Waals surface area contributed by atoms with Crippen LogP contribution in [0.15, 0.2) is 30.6 Å². The van der Waals surface area contributed by atoms with Crippen molar-refractivity contribution in [1.82, 2.24) is 14.9 Å². The van der Waals surface area contributed by atoms with E-state index in [1.165, 1.54) is 0 Å². The summed E-state index contributed by atoms with van der Waals surface area (Å²) in [5, 5.41) is 2.88. The predicted octanol–water partition coefficient (Wildman–Crippen LogP) is 1.53. The van der Waals surface area contributed by atoms with Gasteiger partial charge < -0.3 is 15.6 Å². The van der Waals surface area contributed by atoms with Crippen LogP contribution in [-0.4, -0.2) is 28.0 Å². The van der Waals surface area contributed by atoms with Gasteiger partial charge in [-0.25, -0.2) is 4.98 Å². The number of nitrogens with one attached hydrogen (secondary N) is 1. The Bertz CT molecular complexity index is 576. The molecule has 0 unspecified atom stereocenters. The van der Waals surface area contributed by atoms with Crippen LogP contribution >= 0.6 is 0 Å². The largest absolute Gasteiger partial charge is 0.355 e. The summed E-state index contributed by atoms with van der Waals surface area (Å²) >= 11 is 0. The van der Waals surface area contributed by atoms with E-state index in [-0.39, 0.29) is 11.8 Å². The summed E-state index contributed by atoms with van der Waals surface area (Å²) in [4.78, 5) is 16.0. The van der Waals surface area contributed by atoms with E-state index in [1.807, 2.05) is 38.4 Å². The number of aryl methyl sites for hydroxylation is 1. The van der Waals surface area contributed by atoms with Crippen LogP contribution in [0.4, 0.5) is 0 Å². The molecule has 0 spiro atoms. The quantitative estimate of drug-likeness (QED) is 0.785. The summed E-state index contributed by atoms with van der Waals surface area (Å²) in [6, 6.07) is 7.60. The number of nitrogens with two attached hydrogens (primary N) is 1. The van der Waals surface area contributed by atoms with Crippen LogP contribution in [0.3, 0.4) is 0 Å². The molecule has 1 amide bonds. The topological polar surface area (TPSA) is 72.9 Å². The molecule has 3 N–H and O–H groups in total. The summed E-state index contributed by atoms with van der Waals surface area (Å²) < 4.78 is 2.10. The second-order valence-electron chi connectivity index (χ2n) is 5.34. The number of fused-ring (bicyclic) bond motifs is 1. The third kappa shape index (κ3) is 3.36. The van der Waals surface area contributed by atoms with Gasteiger partial charge in [0.15, 0.2) is 0 Å². The maximum Gasteiger partial charge on any atom is 0.237 e. The Morgan fingerprint density at radius 3 is 2.90 bits per heavy atom. The molecular weight excluding hydrogens is 252 g/mol. The van der Waals surface area contributed by atoms with Crippen molar-refractivity contribution < 1.29 is 4.79 Å². The molecule has 1 atom stereocenters. The minimum atomic E-state index is -0.427. The molecule has 0 aliphatic rings. The molecule has 0 fully saturated rings. The molecule has 1 heterocycles. The van der Waals surface area contributed by atoms with E-state index in [0.717, 1.165) is 24.0 Å². The highest BCUT2D eigenvalue weighted by Gasteiger charge is 2.16. The van der Waals surface area contributed by atoms with E-state index in [1.54, 1.807) is 0 Å². The zero-order valence-electron chi connectivity index (χ0n) is 12.0. The fraction of sp³-hybridized carbons (Fsp3) is 0.467. The van der Waals surface area contributed by atoms with Gasteiger partial charge in [0, 0.05) is 13.1 Å². The molecule has 5 nitrogen and oxygen atoms in total. The zero-order chi connectivity index (χ0) is 14.5. The SMILES string of the molecule is CC(C)[C@H](N)C(=O)NCCCn1cnc2ccccc21. The van der Waals surface area contributed by atoms with Crippen LogP contribution in [0.5, 0.6) is 0 Å². The van der Waals surface area contributed by atoms with Gasteiger partial charge in [0.25, 0.3) is 0 Å². The van der Waals surface area contributed by atoms with Gasteiger partial charge in [-0.3, -0.25) is 4.79 Å². The lowest BCUT2D eigenvalue weighted by Crippen LogP contribution is -2.44. The molecular formula is C15H22N4O. The van der Waals surface area contributed by atoms with E-state index < -0.39 is 6.04 Å². The number of hydrogen-bond donors (Lipinski definition) is 2. The number of para-hydroxylation sites is 2. The highest BCUT2D eigenvalue weighted by Crippen LogP contribution is 2.11. The maximum absolute atomic E-state index is 11.7. The van der Waals surface area contributed by atoms with Gasteiger partial charge in [-0.2, -0.15) is 0 Å². The molecule has 0 aliphatic heterocycles. The lowest BCUT2D eigenvalue weighted by atomic mass is 10.1. The Morgan fingerprint density at radius 1 is 1.40 bits per heavy atom. The predicted molar refractivity (Wildman–Crippen MR) is 80.2 cm³/mol. The monoisotopic (exact) mass is 274 g/mol. The normalized spacial score (nSPS) is 12.8. The van der Waals surface area contributed by atoms with Gasteiger partial charge in [0.1, 0.15) is 0 Å². The van der Waals surface area contributed by atoms with Crippen molar-refractivity contribution >= 4 is 16.9 Å².